The molecule has 2 aromatic rings. The van der Waals surface area contributed by atoms with Gasteiger partial charge < -0.3 is 4.84 Å². The molecular formula is C16H13N5O5. The molecule has 0 radical (unpaired) electrons. The molecule has 0 saturated carbocycles. The van der Waals surface area contributed by atoms with Crippen LogP contribution in [0.15, 0.2) is 35.6 Å². The number of benzene rings is 1. The van der Waals surface area contributed by atoms with Gasteiger partial charge in [-0.3, -0.25) is 24.4 Å². The van der Waals surface area contributed by atoms with Crippen molar-refractivity contribution in [1.82, 2.24) is 9.78 Å². The van der Waals surface area contributed by atoms with Gasteiger partial charge in [-0.05, 0) is 13.0 Å². The van der Waals surface area contributed by atoms with Crippen LogP contribution in [0.3, 0.4) is 0 Å². The summed E-state index contributed by atoms with van der Waals surface area (Å²) in [7, 11) is 1.75. The maximum Gasteiger partial charge on any atom is 0.278 e. The van der Waals surface area contributed by atoms with Crippen molar-refractivity contribution in [1.29, 1.82) is 0 Å². The van der Waals surface area contributed by atoms with Crippen LogP contribution < -0.4 is 4.90 Å². The van der Waals surface area contributed by atoms with Gasteiger partial charge in [-0.1, -0.05) is 11.2 Å². The van der Waals surface area contributed by atoms with E-state index in [1.54, 1.807) is 17.9 Å². The van der Waals surface area contributed by atoms with Crippen LogP contribution in [0.5, 0.6) is 0 Å². The highest BCUT2D eigenvalue weighted by molar-refractivity contribution is 6.32. The fourth-order valence-corrected chi connectivity index (χ4v) is 3.15. The molecule has 0 N–H and O–H groups in total. The third kappa shape index (κ3) is 2.11. The number of carbonyl (C=O) groups excluding carboxylic acids is 2. The van der Waals surface area contributed by atoms with Crippen LogP contribution in [0, 0.1) is 23.0 Å². The molecule has 2 aliphatic heterocycles. The number of aromatic nitrogens is 2. The summed E-state index contributed by atoms with van der Waals surface area (Å²) in [6, 6.07) is 5.36. The van der Waals surface area contributed by atoms with Crippen LogP contribution in [0.4, 0.5) is 11.4 Å². The molecule has 3 heterocycles. The van der Waals surface area contributed by atoms with Crippen molar-refractivity contribution in [2.45, 2.75) is 13.0 Å². The fraction of sp³-hybridized carbons (Fsp3) is 0.250. The lowest BCUT2D eigenvalue weighted by Crippen LogP contribution is -2.33. The van der Waals surface area contributed by atoms with Crippen molar-refractivity contribution in [2.24, 2.45) is 18.1 Å². The molecule has 10 nitrogen and oxygen atoms in total. The van der Waals surface area contributed by atoms with E-state index in [4.69, 9.17) is 4.84 Å². The van der Waals surface area contributed by atoms with Gasteiger partial charge in [0.1, 0.15) is 11.6 Å². The molecule has 26 heavy (non-hydrogen) atoms. The van der Waals surface area contributed by atoms with Crippen LogP contribution >= 0.6 is 0 Å². The lowest BCUT2D eigenvalue weighted by atomic mass is 9.94. The molecule has 2 amide bonds. The van der Waals surface area contributed by atoms with Crippen molar-refractivity contribution in [3.8, 4) is 0 Å². The largest absolute Gasteiger partial charge is 0.381 e. The number of nitro groups is 1. The minimum atomic E-state index is -1.07. The molecule has 1 fully saturated rings. The molecule has 0 aliphatic carbocycles. The zero-order chi connectivity index (χ0) is 18.6. The number of rotatable bonds is 3. The topological polar surface area (TPSA) is 120 Å². The van der Waals surface area contributed by atoms with E-state index >= 15 is 0 Å². The highest BCUT2D eigenvalue weighted by Gasteiger charge is 2.56. The zero-order valence-electron chi connectivity index (χ0n) is 13.8. The van der Waals surface area contributed by atoms with Gasteiger partial charge in [0, 0.05) is 30.4 Å². The Morgan fingerprint density at radius 2 is 2.04 bits per heavy atom. The molecule has 2 atom stereocenters. The van der Waals surface area contributed by atoms with E-state index in [2.05, 4.69) is 10.3 Å². The van der Waals surface area contributed by atoms with E-state index in [0.717, 1.165) is 10.6 Å². The Labute approximate surface area is 146 Å². The summed E-state index contributed by atoms with van der Waals surface area (Å²) in [5, 5.41) is 19.0. The van der Waals surface area contributed by atoms with E-state index in [9.17, 15) is 19.7 Å². The first kappa shape index (κ1) is 15.9. The minimum Gasteiger partial charge on any atom is -0.381 e. The number of aryl methyl sites for hydroxylation is 1. The Morgan fingerprint density at radius 1 is 1.27 bits per heavy atom. The summed E-state index contributed by atoms with van der Waals surface area (Å²) in [5.41, 5.74) is 1.67. The monoisotopic (exact) mass is 355 g/mol. The Bertz CT molecular complexity index is 995. The molecule has 0 spiro atoms. The molecular weight excluding hydrogens is 342 g/mol. The summed E-state index contributed by atoms with van der Waals surface area (Å²) in [6.07, 6.45) is 0.490. The summed E-state index contributed by atoms with van der Waals surface area (Å²) in [6.45, 7) is 1.82. The van der Waals surface area contributed by atoms with E-state index in [1.165, 1.54) is 24.3 Å². The van der Waals surface area contributed by atoms with Gasteiger partial charge in [0.15, 0.2) is 0 Å². The summed E-state index contributed by atoms with van der Waals surface area (Å²) < 4.78 is 1.63. The number of oxime groups is 1. The maximum absolute atomic E-state index is 12.9. The molecule has 1 saturated heterocycles. The van der Waals surface area contributed by atoms with Gasteiger partial charge in [-0.15, -0.1) is 0 Å². The van der Waals surface area contributed by atoms with Crippen molar-refractivity contribution in [3.05, 3.63) is 51.8 Å². The zero-order valence-corrected chi connectivity index (χ0v) is 13.8. The normalized spacial score (nSPS) is 21.6. The van der Waals surface area contributed by atoms with Crippen molar-refractivity contribution >= 4 is 28.9 Å². The first-order valence-corrected chi connectivity index (χ1v) is 7.75. The number of hydrogen-bond donors (Lipinski definition) is 0. The van der Waals surface area contributed by atoms with Gasteiger partial charge in [-0.2, -0.15) is 5.10 Å². The smallest absolute Gasteiger partial charge is 0.278 e. The van der Waals surface area contributed by atoms with E-state index in [1.807, 2.05) is 6.92 Å². The van der Waals surface area contributed by atoms with E-state index in [0.29, 0.717) is 11.3 Å². The lowest BCUT2D eigenvalue weighted by molar-refractivity contribution is -0.384. The molecule has 0 bridgehead atoms. The molecule has 2 unspecified atom stereocenters. The fourth-order valence-electron chi connectivity index (χ4n) is 3.15. The Morgan fingerprint density at radius 3 is 2.69 bits per heavy atom. The quantitative estimate of drug-likeness (QED) is 0.459. The van der Waals surface area contributed by atoms with Gasteiger partial charge in [0.2, 0.25) is 12.0 Å². The Kier molecular flexibility index (Phi) is 3.36. The third-order valence-electron chi connectivity index (χ3n) is 4.62. The number of carbonyl (C=O) groups is 2. The standard InChI is InChI=1S/C16H13N5O5/c1-8-11(7-17-19(8)2)13-12-14(26-18-13)16(23)20(15(12)22)9-4-3-5-10(6-9)21(24)25/h3-7,12,14H,1-2H3. The third-order valence-corrected chi connectivity index (χ3v) is 4.62. The predicted octanol–water partition coefficient (Wildman–Crippen LogP) is 0.929. The van der Waals surface area contributed by atoms with Crippen LogP contribution in [-0.4, -0.2) is 38.3 Å². The highest BCUT2D eigenvalue weighted by atomic mass is 16.7. The predicted molar refractivity (Wildman–Crippen MR) is 88.4 cm³/mol. The van der Waals surface area contributed by atoms with Gasteiger partial charge in [0.05, 0.1) is 16.8 Å². The lowest BCUT2D eigenvalue weighted by Gasteiger charge is -2.15. The SMILES string of the molecule is Cc1c(C2=NOC3C(=O)N(c4cccc([N+](=O)[O-])c4)C(=O)C23)cnn1C. The molecule has 4 rings (SSSR count). The summed E-state index contributed by atoms with van der Waals surface area (Å²) >= 11 is 0. The molecule has 1 aromatic heterocycles. The number of nitrogens with zero attached hydrogens (tertiary/aromatic N) is 5. The van der Waals surface area contributed by atoms with Crippen molar-refractivity contribution in [3.63, 3.8) is 0 Å². The number of fused-ring (bicyclic) bond motifs is 1. The Hall–Kier alpha value is -3.56. The van der Waals surface area contributed by atoms with Gasteiger partial charge in [0.25, 0.3) is 11.6 Å². The van der Waals surface area contributed by atoms with Crippen molar-refractivity contribution in [2.75, 3.05) is 4.90 Å². The van der Waals surface area contributed by atoms with E-state index < -0.39 is 28.8 Å². The van der Waals surface area contributed by atoms with Crippen LogP contribution in [0.25, 0.3) is 0 Å². The molecule has 132 valence electrons. The number of nitro benzene ring substituents is 1. The maximum atomic E-state index is 12.9. The second-order valence-corrected chi connectivity index (χ2v) is 6.04. The number of anilines is 1. The number of imide groups is 1. The Balaban J connectivity index is 1.72. The second kappa shape index (κ2) is 5.48. The first-order chi connectivity index (χ1) is 12.4. The second-order valence-electron chi connectivity index (χ2n) is 6.04. The number of hydrogen-bond acceptors (Lipinski definition) is 7. The number of amides is 2. The molecule has 2 aliphatic rings. The van der Waals surface area contributed by atoms with Crippen LogP contribution in [0.2, 0.25) is 0 Å². The van der Waals surface area contributed by atoms with Gasteiger partial charge >= 0.3 is 0 Å². The highest BCUT2D eigenvalue weighted by Crippen LogP contribution is 2.36. The average molecular weight is 355 g/mol. The molecule has 1 aromatic carbocycles. The minimum absolute atomic E-state index is 0.134. The summed E-state index contributed by atoms with van der Waals surface area (Å²) in [5.74, 6) is -2.02. The summed E-state index contributed by atoms with van der Waals surface area (Å²) in [4.78, 5) is 42.1. The first-order valence-electron chi connectivity index (χ1n) is 7.75. The van der Waals surface area contributed by atoms with Crippen LogP contribution in [0.1, 0.15) is 11.3 Å². The van der Waals surface area contributed by atoms with Gasteiger partial charge in [-0.25, -0.2) is 4.90 Å². The van der Waals surface area contributed by atoms with E-state index in [-0.39, 0.29) is 11.4 Å². The van der Waals surface area contributed by atoms with Crippen molar-refractivity contribution < 1.29 is 19.3 Å². The number of non-ortho nitro benzene ring substituents is 1. The average Bonchev–Trinajstić information content (AvgIpc) is 3.25. The van der Waals surface area contributed by atoms with Crippen LogP contribution in [-0.2, 0) is 21.5 Å². The molecule has 10 heteroatoms.